The van der Waals surface area contributed by atoms with E-state index in [4.69, 9.17) is 14.2 Å². The van der Waals surface area contributed by atoms with Crippen molar-refractivity contribution in [3.05, 3.63) is 42.0 Å². The topological polar surface area (TPSA) is 43.3 Å². The molecule has 2 aliphatic rings. The summed E-state index contributed by atoms with van der Waals surface area (Å²) in [5.74, 6) is 2.34. The van der Waals surface area contributed by atoms with Crippen LogP contribution in [-0.4, -0.2) is 33.2 Å². The van der Waals surface area contributed by atoms with Crippen molar-refractivity contribution >= 4 is 17.6 Å². The van der Waals surface area contributed by atoms with Gasteiger partial charge in [-0.15, -0.1) is 0 Å². The lowest BCUT2D eigenvalue weighted by Crippen LogP contribution is -2.29. The van der Waals surface area contributed by atoms with Crippen LogP contribution in [0.4, 0.5) is 11.4 Å². The van der Waals surface area contributed by atoms with Gasteiger partial charge in [-0.3, -0.25) is 4.99 Å². The van der Waals surface area contributed by atoms with Gasteiger partial charge in [-0.25, -0.2) is 0 Å². The largest absolute Gasteiger partial charge is 0.496 e. The van der Waals surface area contributed by atoms with Gasteiger partial charge in [0.15, 0.2) is 11.5 Å². The number of hydrogen-bond donors (Lipinski definition) is 0. The van der Waals surface area contributed by atoms with Crippen molar-refractivity contribution < 1.29 is 14.2 Å². The maximum atomic E-state index is 5.58. The Kier molecular flexibility index (Phi) is 4.46. The maximum Gasteiger partial charge on any atom is 0.231 e. The molecular formula is C20H22N2O3. The van der Waals surface area contributed by atoms with Gasteiger partial charge in [-0.2, -0.15) is 0 Å². The number of methoxy groups -OCH3 is 1. The molecule has 1 fully saturated rings. The molecule has 0 unspecified atom stereocenters. The van der Waals surface area contributed by atoms with E-state index in [1.807, 2.05) is 24.4 Å². The summed E-state index contributed by atoms with van der Waals surface area (Å²) in [5.41, 5.74) is 3.00. The Bertz CT molecular complexity index is 783. The molecule has 0 radical (unpaired) electrons. The van der Waals surface area contributed by atoms with Gasteiger partial charge in [0, 0.05) is 42.7 Å². The molecule has 4 rings (SSSR count). The fourth-order valence-electron chi connectivity index (χ4n) is 3.26. The number of aliphatic imine (C=N–C) groups is 1. The number of piperidine rings is 1. The van der Waals surface area contributed by atoms with Crippen LogP contribution in [0.15, 0.2) is 41.4 Å². The summed E-state index contributed by atoms with van der Waals surface area (Å²) >= 11 is 0. The van der Waals surface area contributed by atoms with Crippen molar-refractivity contribution in [1.29, 1.82) is 0 Å². The van der Waals surface area contributed by atoms with Gasteiger partial charge in [0.05, 0.1) is 12.8 Å². The molecule has 130 valence electrons. The predicted octanol–water partition coefficient (Wildman–Crippen LogP) is 4.16. The van der Waals surface area contributed by atoms with E-state index in [0.29, 0.717) is 0 Å². The minimum atomic E-state index is 0.272. The van der Waals surface area contributed by atoms with Gasteiger partial charge >= 0.3 is 0 Å². The fourth-order valence-corrected chi connectivity index (χ4v) is 3.26. The van der Waals surface area contributed by atoms with Crippen LogP contribution in [0, 0.1) is 0 Å². The summed E-state index contributed by atoms with van der Waals surface area (Å²) in [7, 11) is 1.70. The Morgan fingerprint density at radius 2 is 1.84 bits per heavy atom. The first-order valence-corrected chi connectivity index (χ1v) is 8.70. The van der Waals surface area contributed by atoms with E-state index in [1.165, 1.54) is 24.9 Å². The van der Waals surface area contributed by atoms with Crippen LogP contribution < -0.4 is 19.1 Å². The Labute approximate surface area is 147 Å². The third kappa shape index (κ3) is 3.40. The first-order chi connectivity index (χ1) is 12.3. The third-order valence-electron chi connectivity index (χ3n) is 4.65. The lowest BCUT2D eigenvalue weighted by atomic mass is 10.1. The van der Waals surface area contributed by atoms with Gasteiger partial charge in [-0.1, -0.05) is 0 Å². The summed E-state index contributed by atoms with van der Waals surface area (Å²) in [6, 6.07) is 12.0. The lowest BCUT2D eigenvalue weighted by molar-refractivity contribution is 0.174. The first-order valence-electron chi connectivity index (χ1n) is 8.70. The molecule has 25 heavy (non-hydrogen) atoms. The quantitative estimate of drug-likeness (QED) is 0.785. The molecular weight excluding hydrogens is 316 g/mol. The molecule has 5 heteroatoms. The zero-order chi connectivity index (χ0) is 17.1. The normalized spacial score (nSPS) is 16.4. The zero-order valence-electron chi connectivity index (χ0n) is 14.4. The Hall–Kier alpha value is -2.69. The molecule has 2 aliphatic heterocycles. The maximum absolute atomic E-state index is 5.58. The highest BCUT2D eigenvalue weighted by Gasteiger charge is 2.14. The molecule has 0 aromatic heterocycles. The van der Waals surface area contributed by atoms with Gasteiger partial charge in [0.1, 0.15) is 5.75 Å². The van der Waals surface area contributed by atoms with Gasteiger partial charge in [0.2, 0.25) is 6.79 Å². The number of nitrogens with zero attached hydrogens (tertiary/aromatic N) is 2. The Morgan fingerprint density at radius 3 is 2.68 bits per heavy atom. The molecule has 1 saturated heterocycles. The highest BCUT2D eigenvalue weighted by Crippen LogP contribution is 2.35. The van der Waals surface area contributed by atoms with Crippen LogP contribution in [0.25, 0.3) is 0 Å². The monoisotopic (exact) mass is 338 g/mol. The predicted molar refractivity (Wildman–Crippen MR) is 98.9 cm³/mol. The summed E-state index contributed by atoms with van der Waals surface area (Å²) < 4.78 is 16.3. The molecule has 2 aromatic rings. The van der Waals surface area contributed by atoms with E-state index in [2.05, 4.69) is 28.1 Å². The number of hydrogen-bond acceptors (Lipinski definition) is 5. The number of benzene rings is 2. The first kappa shape index (κ1) is 15.8. The minimum absolute atomic E-state index is 0.272. The summed E-state index contributed by atoms with van der Waals surface area (Å²) in [4.78, 5) is 6.97. The molecule has 0 aliphatic carbocycles. The van der Waals surface area contributed by atoms with Crippen LogP contribution in [0.3, 0.4) is 0 Å². The zero-order valence-corrected chi connectivity index (χ0v) is 14.4. The van der Waals surface area contributed by atoms with Gasteiger partial charge < -0.3 is 19.1 Å². The molecule has 0 atom stereocenters. The van der Waals surface area contributed by atoms with E-state index in [1.54, 1.807) is 7.11 Å². The molecule has 2 aromatic carbocycles. The smallest absolute Gasteiger partial charge is 0.231 e. The Balaban J connectivity index is 1.55. The summed E-state index contributed by atoms with van der Waals surface area (Å²) in [6.07, 6.45) is 5.68. The highest BCUT2D eigenvalue weighted by atomic mass is 16.7. The Morgan fingerprint density at radius 1 is 1.00 bits per heavy atom. The molecule has 0 spiro atoms. The van der Waals surface area contributed by atoms with Crippen LogP contribution in [-0.2, 0) is 0 Å². The number of ether oxygens (including phenoxy) is 3. The van der Waals surface area contributed by atoms with Crippen molar-refractivity contribution in [2.45, 2.75) is 19.3 Å². The average Bonchev–Trinajstić information content (AvgIpc) is 3.14. The number of rotatable bonds is 4. The van der Waals surface area contributed by atoms with Crippen LogP contribution in [0.1, 0.15) is 24.8 Å². The molecule has 5 nitrogen and oxygen atoms in total. The van der Waals surface area contributed by atoms with Crippen molar-refractivity contribution in [1.82, 2.24) is 0 Å². The van der Waals surface area contributed by atoms with Crippen LogP contribution >= 0.6 is 0 Å². The summed E-state index contributed by atoms with van der Waals surface area (Å²) in [6.45, 7) is 2.51. The lowest BCUT2D eigenvalue weighted by Gasteiger charge is -2.29. The number of anilines is 1. The van der Waals surface area contributed by atoms with E-state index in [0.717, 1.165) is 41.6 Å². The van der Waals surface area contributed by atoms with E-state index in [9.17, 15) is 0 Å². The minimum Gasteiger partial charge on any atom is -0.496 e. The van der Waals surface area contributed by atoms with E-state index >= 15 is 0 Å². The molecule has 0 N–H and O–H groups in total. The molecule has 0 bridgehead atoms. The standard InChI is InChI=1S/C20H22N2O3/c1-23-19-12-17(22-9-3-2-4-10-22)7-5-15(19)13-21-16-6-8-18-20(11-16)25-14-24-18/h5-8,11-13H,2-4,9-10,14H2,1H3. The second-order valence-corrected chi connectivity index (χ2v) is 6.27. The van der Waals surface area contributed by atoms with Crippen molar-refractivity contribution in [3.63, 3.8) is 0 Å². The molecule has 0 amide bonds. The van der Waals surface area contributed by atoms with Crippen molar-refractivity contribution in [3.8, 4) is 17.2 Å². The van der Waals surface area contributed by atoms with Gasteiger partial charge in [0.25, 0.3) is 0 Å². The average molecular weight is 338 g/mol. The molecule has 2 heterocycles. The fraction of sp³-hybridized carbons (Fsp3) is 0.350. The third-order valence-corrected chi connectivity index (χ3v) is 4.65. The van der Waals surface area contributed by atoms with Crippen molar-refractivity contribution in [2.75, 3.05) is 31.9 Å². The number of fused-ring (bicyclic) bond motifs is 1. The molecule has 0 saturated carbocycles. The summed E-state index contributed by atoms with van der Waals surface area (Å²) in [5, 5.41) is 0. The van der Waals surface area contributed by atoms with Crippen molar-refractivity contribution in [2.24, 2.45) is 4.99 Å². The second kappa shape index (κ2) is 7.05. The second-order valence-electron chi connectivity index (χ2n) is 6.27. The SMILES string of the molecule is COc1cc(N2CCCCC2)ccc1C=Nc1ccc2c(c1)OCO2. The van der Waals surface area contributed by atoms with Crippen LogP contribution in [0.5, 0.6) is 17.2 Å². The van der Waals surface area contributed by atoms with Gasteiger partial charge in [-0.05, 0) is 43.5 Å². The highest BCUT2D eigenvalue weighted by molar-refractivity contribution is 5.86. The van der Waals surface area contributed by atoms with E-state index < -0.39 is 0 Å². The van der Waals surface area contributed by atoms with Crippen LogP contribution in [0.2, 0.25) is 0 Å². The van der Waals surface area contributed by atoms with E-state index in [-0.39, 0.29) is 6.79 Å².